The minimum atomic E-state index is 0. The second-order valence-electron chi connectivity index (χ2n) is 14.2. The first kappa shape index (κ1) is 49.6. The second kappa shape index (κ2) is 24.1. The maximum atomic E-state index is 4.53. The molecule has 4 heterocycles. The zero-order valence-corrected chi connectivity index (χ0v) is 32.9. The van der Waals surface area contributed by atoms with E-state index in [0.717, 1.165) is 12.1 Å². The molecule has 1 aliphatic rings. The standard InChI is InChI=1S/C11H22N2.C11H13N.C11H12S.C10H11NS.4CH4/c1-10(2)12-6-5-7-13(9-8-12)11(3)4;2*1-8(2)11-7-9-5-3-4-6-10(9)12-11;1-7(2)10-11-8-5-3-4-6-9(8)12-10;;;;/h11H,1,5-9H2,2-4H3;3-8,12H,1-2H3;3-8H,1-2H3;3-7H,1-2H3;4*1H4. The summed E-state index contributed by atoms with van der Waals surface area (Å²) in [6, 6.07) is 30.4. The van der Waals surface area contributed by atoms with E-state index in [1.54, 1.807) is 11.3 Å². The third-order valence-electron chi connectivity index (χ3n) is 8.79. The number of thiophene rings is 1. The van der Waals surface area contributed by atoms with Crippen LogP contribution >= 0.6 is 22.7 Å². The molecule has 53 heavy (non-hydrogen) atoms. The summed E-state index contributed by atoms with van der Waals surface area (Å²) in [6.07, 6.45) is 1.27. The Balaban J connectivity index is 0.000000664. The van der Waals surface area contributed by atoms with Crippen molar-refractivity contribution in [3.8, 4) is 0 Å². The molecule has 0 bridgehead atoms. The van der Waals surface area contributed by atoms with Crippen LogP contribution in [0.15, 0.2) is 97.2 Å². The van der Waals surface area contributed by atoms with E-state index in [2.05, 4.69) is 168 Å². The summed E-state index contributed by atoms with van der Waals surface area (Å²) in [7, 11) is 0. The molecule has 0 spiro atoms. The lowest BCUT2D eigenvalue weighted by Crippen LogP contribution is -2.34. The van der Waals surface area contributed by atoms with Crippen LogP contribution < -0.4 is 0 Å². The highest BCUT2D eigenvalue weighted by Gasteiger charge is 2.15. The van der Waals surface area contributed by atoms with Crippen LogP contribution in [0.25, 0.3) is 31.2 Å². The van der Waals surface area contributed by atoms with E-state index in [1.807, 2.05) is 17.4 Å². The summed E-state index contributed by atoms with van der Waals surface area (Å²) < 4.78 is 2.70. The lowest BCUT2D eigenvalue weighted by atomic mass is 10.1. The van der Waals surface area contributed by atoms with Crippen LogP contribution in [0.3, 0.4) is 0 Å². The van der Waals surface area contributed by atoms with Gasteiger partial charge in [-0.1, -0.05) is 126 Å². The monoisotopic (exact) mass is 759 g/mol. The first-order valence-electron chi connectivity index (χ1n) is 18.0. The predicted molar refractivity (Wildman–Crippen MR) is 247 cm³/mol. The molecule has 1 N–H and O–H groups in total. The van der Waals surface area contributed by atoms with Crippen molar-refractivity contribution < 1.29 is 0 Å². The molecule has 0 unspecified atom stereocenters. The minimum Gasteiger partial charge on any atom is -0.374 e. The van der Waals surface area contributed by atoms with Gasteiger partial charge in [0.05, 0.1) is 15.2 Å². The van der Waals surface area contributed by atoms with Gasteiger partial charge in [0.2, 0.25) is 0 Å². The maximum absolute atomic E-state index is 4.53. The predicted octanol–water partition coefficient (Wildman–Crippen LogP) is 15.2. The summed E-state index contributed by atoms with van der Waals surface area (Å²) >= 11 is 3.70. The molecule has 0 amide bonds. The van der Waals surface area contributed by atoms with Gasteiger partial charge in [0.15, 0.2) is 0 Å². The van der Waals surface area contributed by atoms with Gasteiger partial charge in [-0.15, -0.1) is 22.7 Å². The smallest absolute Gasteiger partial charge is 0.0963 e. The van der Waals surface area contributed by atoms with E-state index in [0.29, 0.717) is 23.8 Å². The number of benzene rings is 3. The average molecular weight is 759 g/mol. The summed E-state index contributed by atoms with van der Waals surface area (Å²) in [4.78, 5) is 14.3. The molecule has 7 rings (SSSR count). The molecule has 0 saturated carbocycles. The molecule has 6 heteroatoms. The third kappa shape index (κ3) is 14.7. The Bertz CT molecular complexity index is 1590. The van der Waals surface area contributed by atoms with Gasteiger partial charge in [-0.3, -0.25) is 4.90 Å². The highest BCUT2D eigenvalue weighted by Crippen LogP contribution is 2.30. The number of hydrogen-bond donors (Lipinski definition) is 1. The summed E-state index contributed by atoms with van der Waals surface area (Å²) in [6.45, 7) is 28.6. The molecule has 4 nitrogen and oxygen atoms in total. The van der Waals surface area contributed by atoms with Gasteiger partial charge in [0.25, 0.3) is 0 Å². The van der Waals surface area contributed by atoms with Crippen molar-refractivity contribution in [1.82, 2.24) is 19.8 Å². The van der Waals surface area contributed by atoms with Crippen molar-refractivity contribution in [2.75, 3.05) is 26.2 Å². The molecule has 0 atom stereocenters. The molecule has 3 aromatic heterocycles. The third-order valence-corrected chi connectivity index (χ3v) is 11.5. The Labute approximate surface area is 333 Å². The summed E-state index contributed by atoms with van der Waals surface area (Å²) in [5, 5.41) is 3.92. The molecule has 6 aromatic rings. The van der Waals surface area contributed by atoms with Crippen LogP contribution in [0.5, 0.6) is 0 Å². The van der Waals surface area contributed by atoms with Crippen LogP contribution in [0.4, 0.5) is 0 Å². The number of aromatic nitrogens is 2. The molecule has 3 aromatic carbocycles. The minimum absolute atomic E-state index is 0. The van der Waals surface area contributed by atoms with Crippen LogP contribution in [0, 0.1) is 0 Å². The van der Waals surface area contributed by atoms with E-state index in [1.165, 1.54) is 73.0 Å². The Morgan fingerprint density at radius 1 is 0.660 bits per heavy atom. The first-order chi connectivity index (χ1) is 23.4. The molecule has 1 fully saturated rings. The van der Waals surface area contributed by atoms with Crippen LogP contribution in [0.2, 0.25) is 0 Å². The number of rotatable bonds is 5. The second-order valence-corrected chi connectivity index (χ2v) is 16.4. The first-order valence-corrected chi connectivity index (χ1v) is 19.6. The number of nitrogens with one attached hydrogen (secondary N) is 1. The van der Waals surface area contributed by atoms with Gasteiger partial charge >= 0.3 is 0 Å². The Kier molecular flexibility index (Phi) is 22.5. The number of para-hydroxylation sites is 2. The van der Waals surface area contributed by atoms with Crippen molar-refractivity contribution in [2.45, 2.75) is 122 Å². The van der Waals surface area contributed by atoms with Crippen LogP contribution in [-0.2, 0) is 0 Å². The SMILES string of the molecule is C.C.C.C.C=C(C)N1CCCN(C(C)C)CC1.CC(C)c1cc2ccccc2[nH]1.CC(C)c1cc2ccccc2s1.CC(C)c1nc2ccccc2s1. The van der Waals surface area contributed by atoms with Gasteiger partial charge in [0, 0.05) is 64.6 Å². The fourth-order valence-electron chi connectivity index (χ4n) is 5.67. The molecular weight excluding hydrogens is 685 g/mol. The summed E-state index contributed by atoms with van der Waals surface area (Å²) in [5.41, 5.74) is 4.90. The number of hydrogen-bond acceptors (Lipinski definition) is 5. The van der Waals surface area contributed by atoms with E-state index in [9.17, 15) is 0 Å². The van der Waals surface area contributed by atoms with Crippen molar-refractivity contribution >= 4 is 53.9 Å². The quantitative estimate of drug-likeness (QED) is 0.190. The van der Waals surface area contributed by atoms with Gasteiger partial charge < -0.3 is 9.88 Å². The van der Waals surface area contributed by atoms with E-state index in [4.69, 9.17) is 0 Å². The normalized spacial score (nSPS) is 12.7. The lowest BCUT2D eigenvalue weighted by molar-refractivity contribution is 0.229. The molecule has 294 valence electrons. The van der Waals surface area contributed by atoms with Crippen molar-refractivity contribution in [3.05, 3.63) is 113 Å². The number of nitrogens with zero attached hydrogens (tertiary/aromatic N) is 3. The van der Waals surface area contributed by atoms with Gasteiger partial charge in [-0.25, -0.2) is 4.98 Å². The van der Waals surface area contributed by atoms with Crippen LogP contribution in [0.1, 0.15) is 132 Å². The zero-order valence-electron chi connectivity index (χ0n) is 31.3. The number of allylic oxidation sites excluding steroid dienone is 1. The van der Waals surface area contributed by atoms with Crippen molar-refractivity contribution in [3.63, 3.8) is 0 Å². The van der Waals surface area contributed by atoms with Crippen LogP contribution in [-0.4, -0.2) is 52.0 Å². The maximum Gasteiger partial charge on any atom is 0.0963 e. The number of fused-ring (bicyclic) bond motifs is 3. The molecule has 1 aliphatic heterocycles. The van der Waals surface area contributed by atoms with Gasteiger partial charge in [-0.2, -0.15) is 0 Å². The lowest BCUT2D eigenvalue weighted by Gasteiger charge is -2.25. The van der Waals surface area contributed by atoms with E-state index >= 15 is 0 Å². The number of thiazole rings is 1. The Hall–Kier alpha value is -3.45. The Morgan fingerprint density at radius 3 is 1.81 bits per heavy atom. The Morgan fingerprint density at radius 2 is 1.26 bits per heavy atom. The van der Waals surface area contributed by atoms with Crippen molar-refractivity contribution in [2.24, 2.45) is 0 Å². The highest BCUT2D eigenvalue weighted by atomic mass is 32.1. The molecule has 0 radical (unpaired) electrons. The van der Waals surface area contributed by atoms with E-state index < -0.39 is 0 Å². The molecular formula is C47H74N4S2. The fourth-order valence-corrected chi connectivity index (χ4v) is 7.70. The van der Waals surface area contributed by atoms with Gasteiger partial charge in [-0.05, 0) is 86.2 Å². The number of H-pyrrole nitrogens is 1. The van der Waals surface area contributed by atoms with Gasteiger partial charge in [0.1, 0.15) is 0 Å². The average Bonchev–Trinajstić information content (AvgIpc) is 3.78. The fraction of sp³-hybridized carbons (Fsp3) is 0.468. The highest BCUT2D eigenvalue weighted by molar-refractivity contribution is 7.19. The summed E-state index contributed by atoms with van der Waals surface area (Å²) in [5.74, 6) is 1.78. The van der Waals surface area contributed by atoms with Crippen molar-refractivity contribution in [1.29, 1.82) is 0 Å². The molecule has 0 aliphatic carbocycles. The van der Waals surface area contributed by atoms with E-state index in [-0.39, 0.29) is 29.7 Å². The largest absolute Gasteiger partial charge is 0.374 e. The zero-order chi connectivity index (χ0) is 35.5. The molecule has 1 saturated heterocycles. The topological polar surface area (TPSA) is 35.2 Å². The number of aromatic amines is 1.